The number of rotatable bonds is 7. The number of hydrogen-bond acceptors (Lipinski definition) is 5. The minimum atomic E-state index is -3.54. The van der Waals surface area contributed by atoms with Gasteiger partial charge in [-0.05, 0) is 40.1 Å². The van der Waals surface area contributed by atoms with E-state index in [1.165, 1.54) is 6.20 Å². The lowest BCUT2D eigenvalue weighted by atomic mass is 10.2. The van der Waals surface area contributed by atoms with E-state index in [0.717, 1.165) is 13.0 Å². The van der Waals surface area contributed by atoms with E-state index in [4.69, 9.17) is 0 Å². The Morgan fingerprint density at radius 3 is 2.68 bits per heavy atom. The molecule has 6 nitrogen and oxygen atoms in total. The monoisotopic (exact) mass is 286 g/mol. The molecule has 0 saturated heterocycles. The molecule has 0 amide bonds. The minimum absolute atomic E-state index is 0.127. The van der Waals surface area contributed by atoms with Crippen molar-refractivity contribution in [2.45, 2.75) is 24.3 Å². The summed E-state index contributed by atoms with van der Waals surface area (Å²) in [5.41, 5.74) is 0.544. The predicted octanol–water partition coefficient (Wildman–Crippen LogP) is 0.742. The number of anilines is 1. The van der Waals surface area contributed by atoms with Crippen LogP contribution in [-0.4, -0.2) is 52.0 Å². The molecule has 0 aliphatic carbocycles. The lowest BCUT2D eigenvalue weighted by molar-refractivity contribution is 0.379. The van der Waals surface area contributed by atoms with E-state index in [1.807, 2.05) is 25.9 Å². The van der Waals surface area contributed by atoms with Crippen LogP contribution >= 0.6 is 0 Å². The van der Waals surface area contributed by atoms with Crippen LogP contribution in [0, 0.1) is 0 Å². The lowest BCUT2D eigenvalue weighted by Crippen LogP contribution is -2.35. The third kappa shape index (κ3) is 4.77. The highest BCUT2D eigenvalue weighted by atomic mass is 32.2. The van der Waals surface area contributed by atoms with Gasteiger partial charge in [0.15, 0.2) is 0 Å². The molecule has 2 N–H and O–H groups in total. The van der Waals surface area contributed by atoms with Crippen LogP contribution in [0.25, 0.3) is 0 Å². The van der Waals surface area contributed by atoms with Crippen molar-refractivity contribution in [3.05, 3.63) is 18.5 Å². The molecule has 1 aromatic heterocycles. The molecule has 0 bridgehead atoms. The molecule has 0 aliphatic heterocycles. The topological polar surface area (TPSA) is 74.3 Å². The first-order valence-electron chi connectivity index (χ1n) is 6.15. The lowest BCUT2D eigenvalue weighted by Gasteiger charge is -2.17. The van der Waals surface area contributed by atoms with Crippen molar-refractivity contribution in [3.63, 3.8) is 0 Å². The second-order valence-electron chi connectivity index (χ2n) is 4.74. The molecule has 0 spiro atoms. The molecule has 19 heavy (non-hydrogen) atoms. The maximum absolute atomic E-state index is 12.3. The Labute approximate surface area is 115 Å². The highest BCUT2D eigenvalue weighted by molar-refractivity contribution is 7.89. The van der Waals surface area contributed by atoms with Crippen LogP contribution in [0.3, 0.4) is 0 Å². The molecule has 1 atom stereocenters. The highest BCUT2D eigenvalue weighted by Gasteiger charge is 2.20. The third-order valence-corrected chi connectivity index (χ3v) is 4.33. The van der Waals surface area contributed by atoms with Gasteiger partial charge < -0.3 is 10.2 Å². The summed E-state index contributed by atoms with van der Waals surface area (Å²) < 4.78 is 27.2. The molecule has 0 fully saturated rings. The SMILES string of the molecule is CNc1ccncc1S(=O)(=O)NC(C)CCN(C)C. The summed E-state index contributed by atoms with van der Waals surface area (Å²) in [6, 6.07) is 1.51. The average molecular weight is 286 g/mol. The van der Waals surface area contributed by atoms with Gasteiger partial charge in [0.25, 0.3) is 0 Å². The summed E-state index contributed by atoms with van der Waals surface area (Å²) in [4.78, 5) is 6.07. The Bertz CT molecular complexity index is 502. The first-order valence-corrected chi connectivity index (χ1v) is 7.64. The van der Waals surface area contributed by atoms with Gasteiger partial charge in [-0.25, -0.2) is 13.1 Å². The maximum Gasteiger partial charge on any atom is 0.244 e. The fraction of sp³-hybridized carbons (Fsp3) is 0.583. The number of nitrogens with zero attached hydrogens (tertiary/aromatic N) is 2. The van der Waals surface area contributed by atoms with Gasteiger partial charge in [0.2, 0.25) is 10.0 Å². The summed E-state index contributed by atoms with van der Waals surface area (Å²) in [6.45, 7) is 2.69. The largest absolute Gasteiger partial charge is 0.387 e. The van der Waals surface area contributed by atoms with Crippen molar-refractivity contribution in [2.24, 2.45) is 0 Å². The van der Waals surface area contributed by atoms with Gasteiger partial charge in [-0.1, -0.05) is 0 Å². The number of hydrogen-bond donors (Lipinski definition) is 2. The van der Waals surface area contributed by atoms with Crippen molar-refractivity contribution in [1.82, 2.24) is 14.6 Å². The molecule has 0 aromatic carbocycles. The predicted molar refractivity (Wildman–Crippen MR) is 76.7 cm³/mol. The average Bonchev–Trinajstić information content (AvgIpc) is 2.35. The molecule has 7 heteroatoms. The van der Waals surface area contributed by atoms with Gasteiger partial charge in [-0.2, -0.15) is 0 Å². The Balaban J connectivity index is 2.81. The van der Waals surface area contributed by atoms with Gasteiger partial charge >= 0.3 is 0 Å². The summed E-state index contributed by atoms with van der Waals surface area (Å²) in [5.74, 6) is 0. The first-order chi connectivity index (χ1) is 8.86. The molecule has 1 rings (SSSR count). The molecule has 1 heterocycles. The van der Waals surface area contributed by atoms with E-state index >= 15 is 0 Å². The van der Waals surface area contributed by atoms with Crippen molar-refractivity contribution >= 4 is 15.7 Å². The summed E-state index contributed by atoms with van der Waals surface area (Å²) >= 11 is 0. The first kappa shape index (κ1) is 15.9. The standard InChI is InChI=1S/C12H22N4O2S/c1-10(6-8-16(3)4)15-19(17,18)12-9-14-7-5-11(12)13-2/h5,7,9-10,15H,6,8H2,1-4H3,(H,13,14). The summed E-state index contributed by atoms with van der Waals surface area (Å²) in [7, 11) is 2.06. The maximum atomic E-state index is 12.3. The highest BCUT2D eigenvalue weighted by Crippen LogP contribution is 2.19. The Morgan fingerprint density at radius 1 is 1.42 bits per heavy atom. The van der Waals surface area contributed by atoms with E-state index in [9.17, 15) is 8.42 Å². The van der Waals surface area contributed by atoms with E-state index in [0.29, 0.717) is 5.69 Å². The number of pyridine rings is 1. The quantitative estimate of drug-likeness (QED) is 0.773. The van der Waals surface area contributed by atoms with Crippen molar-refractivity contribution < 1.29 is 8.42 Å². The van der Waals surface area contributed by atoms with Crippen LogP contribution in [0.5, 0.6) is 0 Å². The Kier molecular flexibility index (Phi) is 5.71. The van der Waals surface area contributed by atoms with E-state index in [1.54, 1.807) is 19.3 Å². The van der Waals surface area contributed by atoms with Gasteiger partial charge in [0.05, 0.1) is 5.69 Å². The number of nitrogens with one attached hydrogen (secondary N) is 2. The molecule has 1 aromatic rings. The minimum Gasteiger partial charge on any atom is -0.387 e. The number of aromatic nitrogens is 1. The van der Waals surface area contributed by atoms with Crippen molar-refractivity contribution in [1.29, 1.82) is 0 Å². The van der Waals surface area contributed by atoms with E-state index in [2.05, 4.69) is 15.0 Å². The summed E-state index contributed by atoms with van der Waals surface area (Å²) in [6.07, 6.45) is 3.66. The van der Waals surface area contributed by atoms with E-state index < -0.39 is 10.0 Å². The molecular formula is C12H22N4O2S. The smallest absolute Gasteiger partial charge is 0.244 e. The number of sulfonamides is 1. The zero-order chi connectivity index (χ0) is 14.5. The van der Waals surface area contributed by atoms with Gasteiger partial charge in [0, 0.05) is 25.5 Å². The van der Waals surface area contributed by atoms with Crippen LogP contribution in [0.4, 0.5) is 5.69 Å². The van der Waals surface area contributed by atoms with E-state index in [-0.39, 0.29) is 10.9 Å². The molecular weight excluding hydrogens is 264 g/mol. The van der Waals surface area contributed by atoms with Crippen LogP contribution in [0.2, 0.25) is 0 Å². The van der Waals surface area contributed by atoms with Gasteiger partial charge in [0.1, 0.15) is 4.90 Å². The normalized spacial score (nSPS) is 13.5. The third-order valence-electron chi connectivity index (χ3n) is 2.71. The Morgan fingerprint density at radius 2 is 2.11 bits per heavy atom. The van der Waals surface area contributed by atoms with Gasteiger partial charge in [-0.3, -0.25) is 4.98 Å². The zero-order valence-electron chi connectivity index (χ0n) is 11.8. The Hall–Kier alpha value is -1.18. The summed E-state index contributed by atoms with van der Waals surface area (Å²) in [5, 5.41) is 2.86. The van der Waals surface area contributed by atoms with Gasteiger partial charge in [-0.15, -0.1) is 0 Å². The molecule has 108 valence electrons. The second-order valence-corrected chi connectivity index (χ2v) is 6.42. The van der Waals surface area contributed by atoms with Crippen molar-refractivity contribution in [3.8, 4) is 0 Å². The van der Waals surface area contributed by atoms with Crippen LogP contribution in [0.1, 0.15) is 13.3 Å². The van der Waals surface area contributed by atoms with Crippen LogP contribution in [0.15, 0.2) is 23.4 Å². The fourth-order valence-corrected chi connectivity index (χ4v) is 3.07. The van der Waals surface area contributed by atoms with Crippen LogP contribution < -0.4 is 10.0 Å². The molecule has 1 unspecified atom stereocenters. The molecule has 0 aliphatic rings. The fourth-order valence-electron chi connectivity index (χ4n) is 1.64. The van der Waals surface area contributed by atoms with Crippen molar-refractivity contribution in [2.75, 3.05) is 33.0 Å². The molecule has 0 saturated carbocycles. The van der Waals surface area contributed by atoms with Crippen LogP contribution in [-0.2, 0) is 10.0 Å². The second kappa shape index (κ2) is 6.83. The zero-order valence-corrected chi connectivity index (χ0v) is 12.7. The molecule has 0 radical (unpaired) electrons.